The summed E-state index contributed by atoms with van der Waals surface area (Å²) in [5.41, 5.74) is 0. The number of hydrogen-bond acceptors (Lipinski definition) is 8. The van der Waals surface area contributed by atoms with Gasteiger partial charge in [-0.25, -0.2) is 0 Å². The molecule has 0 rings (SSSR count). The minimum atomic E-state index is -5.17. The Hall–Kier alpha value is 1.62. The Morgan fingerprint density at radius 3 is 1.04 bits per heavy atom. The van der Waals surface area contributed by atoms with E-state index >= 15 is 0 Å². The molecule has 0 radical (unpaired) electrons. The molecule has 0 aromatic rings. The summed E-state index contributed by atoms with van der Waals surface area (Å²) >= 11 is 1.41. The largest absolute Gasteiger partial charge is 4.00 e. The first-order chi connectivity index (χ1) is 10.4. The van der Waals surface area contributed by atoms with Crippen LogP contribution >= 0.6 is 0 Å². The van der Waals surface area contributed by atoms with Crippen molar-refractivity contribution < 1.29 is 61.3 Å². The Labute approximate surface area is 183 Å². The molecule has 0 amide bonds. The van der Waals surface area contributed by atoms with Crippen molar-refractivity contribution in [2.45, 2.75) is 74.8 Å². The molecule has 0 atom stereocenters. The summed E-state index contributed by atoms with van der Waals surface area (Å²) in [6.07, 6.45) is 14.7. The summed E-state index contributed by atoms with van der Waals surface area (Å²) in [5.74, 6) is 0. The molecule has 0 saturated heterocycles. The van der Waals surface area contributed by atoms with Crippen molar-refractivity contribution in [3.63, 3.8) is 0 Å². The van der Waals surface area contributed by atoms with Crippen molar-refractivity contribution in [3.8, 4) is 0 Å². The van der Waals surface area contributed by atoms with Crippen LogP contribution in [0.25, 0.3) is 0 Å². The summed E-state index contributed by atoms with van der Waals surface area (Å²) in [7, 11) is -10.3. The maximum absolute atomic E-state index is 8.52. The maximum Gasteiger partial charge on any atom is 4.00 e. The molecule has 12 heteroatoms. The molecule has 0 aliphatic rings. The van der Waals surface area contributed by atoms with E-state index in [0.29, 0.717) is 0 Å². The Bertz CT molecular complexity index is 372. The van der Waals surface area contributed by atoms with Crippen LogP contribution in [-0.2, 0) is 47.0 Å². The summed E-state index contributed by atoms with van der Waals surface area (Å²) in [5, 5.41) is 0. The summed E-state index contributed by atoms with van der Waals surface area (Å²) < 4.78 is 69.7. The average molecular weight is 476 g/mol. The van der Waals surface area contributed by atoms with E-state index in [-0.39, 0.29) is 26.2 Å². The molecule has 0 aliphatic heterocycles. The van der Waals surface area contributed by atoms with E-state index in [1.165, 1.54) is 95.8 Å². The second-order valence-electron chi connectivity index (χ2n) is 5.00. The first-order valence-electron chi connectivity index (χ1n) is 7.75. The minimum Gasteiger partial charge on any atom is -0.759 e. The molecular weight excluding hydrogens is 450 g/mol. The standard InChI is InChI=1S/C12H25.Na.2H2O4S.Zr/c1-3-5-7-9-11-12-10-8-6-4-2;;2*1-5(2,3)4;/h1,3-12H2,2H3;;2*(H2,1,2,3,4);/q;;;;+4/p-4. The SMILES string of the molecule is CCCCCCCCCCC[CH2][Na].O=S(=O)([O-])[O-].O=S(=O)([O-])[O-].[Zr+4]. The minimum absolute atomic E-state index is 0. The van der Waals surface area contributed by atoms with Gasteiger partial charge in [0.25, 0.3) is 0 Å². The van der Waals surface area contributed by atoms with Crippen molar-refractivity contribution in [1.82, 2.24) is 0 Å². The van der Waals surface area contributed by atoms with Crippen molar-refractivity contribution in [1.29, 1.82) is 0 Å². The van der Waals surface area contributed by atoms with Crippen molar-refractivity contribution in [2.75, 3.05) is 0 Å². The first-order valence-corrected chi connectivity index (χ1v) is 11.8. The van der Waals surface area contributed by atoms with Crippen LogP contribution in [0.3, 0.4) is 0 Å². The van der Waals surface area contributed by atoms with Crippen LogP contribution in [0.4, 0.5) is 0 Å². The van der Waals surface area contributed by atoms with Gasteiger partial charge in [0.05, 0.1) is 0 Å². The van der Waals surface area contributed by atoms with E-state index in [0.717, 1.165) is 0 Å². The Kier molecular flexibility index (Phi) is 31.4. The zero-order valence-corrected chi connectivity index (χ0v) is 20.5. The predicted octanol–water partition coefficient (Wildman–Crippen LogP) is 1.82. The van der Waals surface area contributed by atoms with Crippen molar-refractivity contribution in [2.24, 2.45) is 0 Å². The molecule has 0 aliphatic carbocycles. The number of hydrogen-bond donors (Lipinski definition) is 0. The summed E-state index contributed by atoms with van der Waals surface area (Å²) in [4.78, 5) is 0. The number of rotatable bonds is 10. The van der Waals surface area contributed by atoms with Gasteiger partial charge in [-0.1, -0.05) is 0 Å². The van der Waals surface area contributed by atoms with Crippen LogP contribution in [0.1, 0.15) is 71.1 Å². The van der Waals surface area contributed by atoms with Gasteiger partial charge < -0.3 is 18.2 Å². The van der Waals surface area contributed by atoms with Crippen LogP contribution in [0.15, 0.2) is 0 Å². The van der Waals surface area contributed by atoms with Crippen molar-refractivity contribution in [3.05, 3.63) is 0 Å². The molecule has 0 bridgehead atoms. The molecule has 8 nitrogen and oxygen atoms in total. The molecule has 0 saturated carbocycles. The smallest absolute Gasteiger partial charge is 0.759 e. The topological polar surface area (TPSA) is 161 Å². The Morgan fingerprint density at radius 1 is 0.625 bits per heavy atom. The van der Waals surface area contributed by atoms with E-state index in [1.54, 1.807) is 0 Å². The van der Waals surface area contributed by atoms with Gasteiger partial charge in [0.2, 0.25) is 0 Å². The van der Waals surface area contributed by atoms with Crippen LogP contribution in [0, 0.1) is 0 Å². The van der Waals surface area contributed by atoms with E-state index < -0.39 is 20.8 Å². The molecule has 0 spiro atoms. The Balaban J connectivity index is -0.000000151. The maximum atomic E-state index is 8.52. The predicted molar refractivity (Wildman–Crippen MR) is 83.4 cm³/mol. The zero-order chi connectivity index (χ0) is 18.8. The van der Waals surface area contributed by atoms with Crippen LogP contribution in [0.5, 0.6) is 0 Å². The van der Waals surface area contributed by atoms with Gasteiger partial charge in [-0.3, -0.25) is 16.8 Å². The van der Waals surface area contributed by atoms with Gasteiger partial charge in [-0.15, -0.1) is 0 Å². The zero-order valence-electron chi connectivity index (χ0n) is 14.4. The average Bonchev–Trinajstić information content (AvgIpc) is 2.33. The van der Waals surface area contributed by atoms with Gasteiger partial charge in [0, 0.05) is 20.8 Å². The Morgan fingerprint density at radius 2 is 0.833 bits per heavy atom. The third-order valence-electron chi connectivity index (χ3n) is 2.71. The van der Waals surface area contributed by atoms with E-state index in [4.69, 9.17) is 35.0 Å². The van der Waals surface area contributed by atoms with Crippen LogP contribution < -0.4 is 0 Å². The van der Waals surface area contributed by atoms with Gasteiger partial charge >= 0.3 is 129 Å². The molecule has 0 aromatic heterocycles. The van der Waals surface area contributed by atoms with Crippen molar-refractivity contribution >= 4 is 48.7 Å². The fraction of sp³-hybridized carbons (Fsp3) is 1.00. The van der Waals surface area contributed by atoms with Gasteiger partial charge in [0.1, 0.15) is 0 Å². The fourth-order valence-corrected chi connectivity index (χ4v) is 2.24. The van der Waals surface area contributed by atoms with E-state index in [1.807, 2.05) is 0 Å². The first kappa shape index (κ1) is 33.2. The van der Waals surface area contributed by atoms with Gasteiger partial charge in [-0.2, -0.15) is 0 Å². The number of unbranched alkanes of at least 4 members (excludes halogenated alkanes) is 9. The third-order valence-corrected chi connectivity index (χ3v) is 3.41. The quantitative estimate of drug-likeness (QED) is 0.200. The monoisotopic (exact) mass is 474 g/mol. The summed E-state index contributed by atoms with van der Waals surface area (Å²) in [6.45, 7) is 2.29. The molecule has 0 heterocycles. The molecule has 0 aromatic carbocycles. The van der Waals surface area contributed by atoms with Gasteiger partial charge in [-0.05, 0) is 0 Å². The molecule has 24 heavy (non-hydrogen) atoms. The molecule has 0 fully saturated rings. The molecule has 0 unspecified atom stereocenters. The third kappa shape index (κ3) is 89.5. The van der Waals surface area contributed by atoms with Gasteiger partial charge in [0.15, 0.2) is 0 Å². The van der Waals surface area contributed by atoms with Crippen LogP contribution in [0.2, 0.25) is 3.67 Å². The fourth-order valence-electron chi connectivity index (χ4n) is 1.74. The summed E-state index contributed by atoms with van der Waals surface area (Å²) in [6, 6.07) is 0. The van der Waals surface area contributed by atoms with Crippen LogP contribution in [-0.4, -0.2) is 63.0 Å². The molecule has 138 valence electrons. The normalized spacial score (nSPS) is 10.6. The van der Waals surface area contributed by atoms with E-state index in [2.05, 4.69) is 6.92 Å². The molecule has 0 N–H and O–H groups in total. The second-order valence-corrected chi connectivity index (χ2v) is 7.63. The van der Waals surface area contributed by atoms with E-state index in [9.17, 15) is 0 Å². The second kappa shape index (κ2) is 22.7. The molecular formula is C12H25NaO8S2Zr.